The Morgan fingerprint density at radius 1 is 1.21 bits per heavy atom. The summed E-state index contributed by atoms with van der Waals surface area (Å²) in [6.07, 6.45) is 4.93. The molecule has 0 atom stereocenters. The second-order valence-corrected chi connectivity index (χ2v) is 7.03. The van der Waals surface area contributed by atoms with E-state index in [-0.39, 0.29) is 5.91 Å². The fourth-order valence-electron chi connectivity index (χ4n) is 3.01. The van der Waals surface area contributed by atoms with Crippen LogP contribution in [0.4, 0.5) is 5.82 Å². The Bertz CT molecular complexity index is 871. The van der Waals surface area contributed by atoms with Gasteiger partial charge in [0.15, 0.2) is 0 Å². The average molecular weight is 339 g/mol. The quantitative estimate of drug-likeness (QED) is 0.717. The zero-order valence-corrected chi connectivity index (χ0v) is 14.2. The number of aromatic nitrogens is 3. The molecule has 4 heterocycles. The van der Waals surface area contributed by atoms with E-state index in [1.54, 1.807) is 36.1 Å². The molecule has 0 spiro atoms. The molecule has 0 N–H and O–H groups in total. The standard InChI is InChI=1S/C17H17N5OS/c1-12-9-14-15(19-11-20-16(14)24-12)21-5-7-22(8-6-21)17(23)13-3-2-4-18-10-13/h2-4,9-11H,5-8H2,1H3. The largest absolute Gasteiger partial charge is 0.352 e. The Morgan fingerprint density at radius 3 is 2.79 bits per heavy atom. The lowest BCUT2D eigenvalue weighted by Gasteiger charge is -2.35. The first kappa shape index (κ1) is 15.0. The number of carbonyl (C=O) groups excluding carboxylic acids is 1. The van der Waals surface area contributed by atoms with Crippen LogP contribution in [0, 0.1) is 6.92 Å². The van der Waals surface area contributed by atoms with E-state index in [0.717, 1.165) is 29.1 Å². The van der Waals surface area contributed by atoms with Gasteiger partial charge in [0.25, 0.3) is 5.91 Å². The summed E-state index contributed by atoms with van der Waals surface area (Å²) in [5.41, 5.74) is 0.642. The molecule has 122 valence electrons. The summed E-state index contributed by atoms with van der Waals surface area (Å²) in [6, 6.07) is 5.74. The van der Waals surface area contributed by atoms with E-state index in [2.05, 4.69) is 32.8 Å². The van der Waals surface area contributed by atoms with Gasteiger partial charge in [-0.05, 0) is 25.1 Å². The highest BCUT2D eigenvalue weighted by Crippen LogP contribution is 2.30. The maximum Gasteiger partial charge on any atom is 0.255 e. The number of thiophene rings is 1. The number of pyridine rings is 1. The highest BCUT2D eigenvalue weighted by Gasteiger charge is 2.24. The lowest BCUT2D eigenvalue weighted by Crippen LogP contribution is -2.49. The Labute approximate surface area is 143 Å². The molecule has 1 aliphatic rings. The van der Waals surface area contributed by atoms with E-state index in [1.165, 1.54) is 4.88 Å². The molecule has 0 aromatic carbocycles. The van der Waals surface area contributed by atoms with Crippen LogP contribution in [0.3, 0.4) is 0 Å². The van der Waals surface area contributed by atoms with Crippen molar-refractivity contribution in [2.45, 2.75) is 6.92 Å². The molecule has 3 aromatic rings. The van der Waals surface area contributed by atoms with Crippen LogP contribution < -0.4 is 4.90 Å². The number of piperazine rings is 1. The number of carbonyl (C=O) groups is 1. The summed E-state index contributed by atoms with van der Waals surface area (Å²) >= 11 is 1.68. The molecule has 1 amide bonds. The number of fused-ring (bicyclic) bond motifs is 1. The Hall–Kier alpha value is -2.54. The van der Waals surface area contributed by atoms with Crippen LogP contribution in [-0.4, -0.2) is 51.9 Å². The lowest BCUT2D eigenvalue weighted by atomic mass is 10.2. The highest BCUT2D eigenvalue weighted by atomic mass is 32.1. The minimum absolute atomic E-state index is 0.0435. The minimum atomic E-state index is 0.0435. The number of anilines is 1. The highest BCUT2D eigenvalue weighted by molar-refractivity contribution is 7.18. The van der Waals surface area contributed by atoms with Crippen molar-refractivity contribution in [3.8, 4) is 0 Å². The van der Waals surface area contributed by atoms with E-state index in [4.69, 9.17) is 0 Å². The van der Waals surface area contributed by atoms with Crippen LogP contribution >= 0.6 is 11.3 Å². The predicted octanol–water partition coefficient (Wildman–Crippen LogP) is 2.36. The zero-order valence-electron chi connectivity index (χ0n) is 13.3. The zero-order chi connectivity index (χ0) is 16.5. The van der Waals surface area contributed by atoms with E-state index in [9.17, 15) is 4.79 Å². The number of hydrogen-bond acceptors (Lipinski definition) is 6. The van der Waals surface area contributed by atoms with Crippen LogP contribution in [0.15, 0.2) is 36.9 Å². The SMILES string of the molecule is Cc1cc2c(N3CCN(C(=O)c4cccnc4)CC3)ncnc2s1. The fraction of sp³-hybridized carbons (Fsp3) is 0.294. The summed E-state index contributed by atoms with van der Waals surface area (Å²) in [7, 11) is 0. The Morgan fingerprint density at radius 2 is 2.04 bits per heavy atom. The molecule has 0 aliphatic carbocycles. The molecule has 1 saturated heterocycles. The monoisotopic (exact) mass is 339 g/mol. The topological polar surface area (TPSA) is 62.2 Å². The van der Waals surface area contributed by atoms with Crippen LogP contribution in [-0.2, 0) is 0 Å². The first-order valence-electron chi connectivity index (χ1n) is 7.88. The molecule has 0 radical (unpaired) electrons. The molecule has 6 nitrogen and oxygen atoms in total. The van der Waals surface area contributed by atoms with Crippen molar-refractivity contribution in [1.82, 2.24) is 19.9 Å². The second kappa shape index (κ2) is 6.16. The average Bonchev–Trinajstić information content (AvgIpc) is 3.02. The van der Waals surface area contributed by atoms with E-state index >= 15 is 0 Å². The minimum Gasteiger partial charge on any atom is -0.352 e. The van der Waals surface area contributed by atoms with Crippen molar-refractivity contribution in [3.63, 3.8) is 0 Å². The first-order chi connectivity index (χ1) is 11.7. The van der Waals surface area contributed by atoms with Crippen molar-refractivity contribution in [3.05, 3.63) is 47.4 Å². The number of aryl methyl sites for hydroxylation is 1. The van der Waals surface area contributed by atoms with Crippen molar-refractivity contribution >= 4 is 33.3 Å². The molecule has 4 rings (SSSR count). The van der Waals surface area contributed by atoms with Gasteiger partial charge in [0.1, 0.15) is 17.0 Å². The molecular weight excluding hydrogens is 322 g/mol. The maximum absolute atomic E-state index is 12.5. The van der Waals surface area contributed by atoms with Gasteiger partial charge >= 0.3 is 0 Å². The van der Waals surface area contributed by atoms with Crippen molar-refractivity contribution in [1.29, 1.82) is 0 Å². The van der Waals surface area contributed by atoms with E-state index in [0.29, 0.717) is 18.7 Å². The summed E-state index contributed by atoms with van der Waals surface area (Å²) in [6.45, 7) is 4.99. The third kappa shape index (κ3) is 2.71. The van der Waals surface area contributed by atoms with Gasteiger partial charge in [0, 0.05) is 43.4 Å². The molecule has 24 heavy (non-hydrogen) atoms. The van der Waals surface area contributed by atoms with Crippen molar-refractivity contribution in [2.24, 2.45) is 0 Å². The van der Waals surface area contributed by atoms with Gasteiger partial charge in [-0.2, -0.15) is 0 Å². The molecule has 0 unspecified atom stereocenters. The number of rotatable bonds is 2. The van der Waals surface area contributed by atoms with Crippen LogP contribution in [0.1, 0.15) is 15.2 Å². The molecule has 7 heteroatoms. The normalized spacial score (nSPS) is 15.0. The summed E-state index contributed by atoms with van der Waals surface area (Å²) in [4.78, 5) is 31.7. The molecule has 1 aliphatic heterocycles. The number of hydrogen-bond donors (Lipinski definition) is 0. The van der Waals surface area contributed by atoms with Crippen molar-refractivity contribution in [2.75, 3.05) is 31.1 Å². The van der Waals surface area contributed by atoms with E-state index < -0.39 is 0 Å². The van der Waals surface area contributed by atoms with Crippen LogP contribution in [0.5, 0.6) is 0 Å². The van der Waals surface area contributed by atoms with Gasteiger partial charge in [-0.1, -0.05) is 0 Å². The third-order valence-corrected chi connectivity index (χ3v) is 5.16. The molecule has 3 aromatic heterocycles. The van der Waals surface area contributed by atoms with Crippen molar-refractivity contribution < 1.29 is 4.79 Å². The summed E-state index contributed by atoms with van der Waals surface area (Å²) < 4.78 is 0. The lowest BCUT2D eigenvalue weighted by molar-refractivity contribution is 0.0746. The molecule has 1 fully saturated rings. The molecular formula is C17H17N5OS. The van der Waals surface area contributed by atoms with Crippen LogP contribution in [0.2, 0.25) is 0 Å². The Balaban J connectivity index is 1.51. The Kier molecular flexibility index (Phi) is 3.86. The molecule has 0 bridgehead atoms. The van der Waals surface area contributed by atoms with Gasteiger partial charge in [0.05, 0.1) is 10.9 Å². The van der Waals surface area contributed by atoms with Gasteiger partial charge in [-0.15, -0.1) is 11.3 Å². The van der Waals surface area contributed by atoms with Gasteiger partial charge < -0.3 is 9.80 Å². The first-order valence-corrected chi connectivity index (χ1v) is 8.69. The maximum atomic E-state index is 12.5. The van der Waals surface area contributed by atoms with Gasteiger partial charge in [-0.25, -0.2) is 9.97 Å². The predicted molar refractivity (Wildman–Crippen MR) is 94.5 cm³/mol. The van der Waals surface area contributed by atoms with Gasteiger partial charge in [0.2, 0.25) is 0 Å². The van der Waals surface area contributed by atoms with E-state index in [1.807, 2.05) is 11.0 Å². The van der Waals surface area contributed by atoms with Gasteiger partial charge in [-0.3, -0.25) is 9.78 Å². The third-order valence-electron chi connectivity index (χ3n) is 4.21. The fourth-order valence-corrected chi connectivity index (χ4v) is 3.85. The summed E-state index contributed by atoms with van der Waals surface area (Å²) in [5.74, 6) is 1.01. The van der Waals surface area contributed by atoms with Crippen LogP contribution in [0.25, 0.3) is 10.2 Å². The number of nitrogens with zero attached hydrogens (tertiary/aromatic N) is 5. The summed E-state index contributed by atoms with van der Waals surface area (Å²) in [5, 5.41) is 1.10. The number of amides is 1. The molecule has 0 saturated carbocycles. The smallest absolute Gasteiger partial charge is 0.255 e. The second-order valence-electron chi connectivity index (χ2n) is 5.79.